The van der Waals surface area contributed by atoms with Gasteiger partial charge in [-0.05, 0) is 6.07 Å². The Morgan fingerprint density at radius 2 is 2.27 bits per heavy atom. The van der Waals surface area contributed by atoms with Crippen LogP contribution in [0.25, 0.3) is 0 Å². The quantitative estimate of drug-likeness (QED) is 0.241. The lowest BCUT2D eigenvalue weighted by Crippen LogP contribution is -1.86. The topological polar surface area (TPSA) is 58.4 Å². The van der Waals surface area contributed by atoms with Gasteiger partial charge in [-0.2, -0.15) is 0 Å². The SMILES string of the molecule is ON=CCSc1ncccn1. The van der Waals surface area contributed by atoms with E-state index >= 15 is 0 Å². The summed E-state index contributed by atoms with van der Waals surface area (Å²) in [6.45, 7) is 0. The fourth-order valence-electron chi connectivity index (χ4n) is 0.505. The highest BCUT2D eigenvalue weighted by Gasteiger charge is 1.91. The summed E-state index contributed by atoms with van der Waals surface area (Å²) in [6, 6.07) is 1.75. The zero-order valence-electron chi connectivity index (χ0n) is 5.71. The van der Waals surface area contributed by atoms with Gasteiger partial charge < -0.3 is 5.21 Å². The largest absolute Gasteiger partial charge is 0.411 e. The van der Waals surface area contributed by atoms with E-state index in [1.165, 1.54) is 18.0 Å². The third kappa shape index (κ3) is 2.99. The molecule has 0 aromatic carbocycles. The van der Waals surface area contributed by atoms with Crippen molar-refractivity contribution in [3.05, 3.63) is 18.5 Å². The molecule has 5 heteroatoms. The molecule has 1 aromatic rings. The smallest absolute Gasteiger partial charge is 0.187 e. The molecular weight excluding hydrogens is 162 g/mol. The predicted molar refractivity (Wildman–Crippen MR) is 43.0 cm³/mol. The van der Waals surface area contributed by atoms with Crippen LogP contribution in [-0.4, -0.2) is 27.1 Å². The third-order valence-electron chi connectivity index (χ3n) is 0.911. The lowest BCUT2D eigenvalue weighted by Gasteiger charge is -1.91. The van der Waals surface area contributed by atoms with Crippen molar-refractivity contribution in [2.45, 2.75) is 5.16 Å². The van der Waals surface area contributed by atoms with Gasteiger partial charge in [0.2, 0.25) is 0 Å². The number of rotatable bonds is 3. The number of oxime groups is 1. The zero-order chi connectivity index (χ0) is 7.94. The van der Waals surface area contributed by atoms with Gasteiger partial charge in [0.1, 0.15) is 0 Å². The maximum atomic E-state index is 8.06. The van der Waals surface area contributed by atoms with Crippen molar-refractivity contribution in [2.75, 3.05) is 5.75 Å². The molecule has 0 spiro atoms. The molecular formula is C6H7N3OS. The van der Waals surface area contributed by atoms with Crippen molar-refractivity contribution in [3.8, 4) is 0 Å². The highest BCUT2D eigenvalue weighted by molar-refractivity contribution is 7.99. The van der Waals surface area contributed by atoms with Gasteiger partial charge in [-0.3, -0.25) is 0 Å². The third-order valence-corrected chi connectivity index (χ3v) is 1.70. The van der Waals surface area contributed by atoms with Gasteiger partial charge >= 0.3 is 0 Å². The first-order chi connectivity index (χ1) is 5.43. The molecule has 0 radical (unpaired) electrons. The van der Waals surface area contributed by atoms with Crippen LogP contribution in [0.1, 0.15) is 0 Å². The summed E-state index contributed by atoms with van der Waals surface area (Å²) >= 11 is 1.41. The highest BCUT2D eigenvalue weighted by Crippen LogP contribution is 2.08. The molecule has 0 atom stereocenters. The summed E-state index contributed by atoms with van der Waals surface area (Å²) in [5, 5.41) is 11.6. The van der Waals surface area contributed by atoms with Crippen LogP contribution in [0.15, 0.2) is 28.8 Å². The second kappa shape index (κ2) is 4.68. The summed E-state index contributed by atoms with van der Waals surface area (Å²) in [5.41, 5.74) is 0. The molecule has 0 fully saturated rings. The Morgan fingerprint density at radius 1 is 1.55 bits per heavy atom. The molecule has 0 aliphatic rings. The molecule has 0 amide bonds. The van der Waals surface area contributed by atoms with Crippen LogP contribution in [-0.2, 0) is 0 Å². The molecule has 0 unspecified atom stereocenters. The minimum absolute atomic E-state index is 0.584. The molecule has 1 heterocycles. The van der Waals surface area contributed by atoms with E-state index in [1.807, 2.05) is 0 Å². The molecule has 4 nitrogen and oxygen atoms in total. The van der Waals surface area contributed by atoms with E-state index in [2.05, 4.69) is 15.1 Å². The van der Waals surface area contributed by atoms with Gasteiger partial charge in [0.25, 0.3) is 0 Å². The minimum atomic E-state index is 0.584. The predicted octanol–water partition coefficient (Wildman–Crippen LogP) is 1.03. The van der Waals surface area contributed by atoms with Gasteiger partial charge in [0.15, 0.2) is 5.16 Å². The van der Waals surface area contributed by atoms with E-state index in [4.69, 9.17) is 5.21 Å². The van der Waals surface area contributed by atoms with Gasteiger partial charge in [0.05, 0.1) is 6.21 Å². The van der Waals surface area contributed by atoms with E-state index in [9.17, 15) is 0 Å². The Labute approximate surface area is 68.4 Å². The first kappa shape index (κ1) is 8.00. The van der Waals surface area contributed by atoms with Gasteiger partial charge in [-0.15, -0.1) is 5.16 Å². The van der Waals surface area contributed by atoms with Crippen molar-refractivity contribution in [3.63, 3.8) is 0 Å². The average Bonchev–Trinajstić information content (AvgIpc) is 2.07. The fraction of sp³-hybridized carbons (Fsp3) is 0.167. The standard InChI is InChI=1S/C6H7N3OS/c10-9-4-5-11-6-7-2-1-3-8-6/h1-4,10H,5H2. The number of thioether (sulfide) groups is 1. The van der Waals surface area contributed by atoms with Crippen LogP contribution in [0.5, 0.6) is 0 Å². The maximum absolute atomic E-state index is 8.06. The molecule has 1 aromatic heterocycles. The van der Waals surface area contributed by atoms with Crippen molar-refractivity contribution in [1.29, 1.82) is 0 Å². The van der Waals surface area contributed by atoms with Crippen LogP contribution < -0.4 is 0 Å². The molecule has 0 saturated heterocycles. The van der Waals surface area contributed by atoms with Crippen LogP contribution in [0.2, 0.25) is 0 Å². The summed E-state index contributed by atoms with van der Waals surface area (Å²) in [7, 11) is 0. The van der Waals surface area contributed by atoms with Crippen LogP contribution in [0.4, 0.5) is 0 Å². The van der Waals surface area contributed by atoms with Gasteiger partial charge in [-0.1, -0.05) is 11.8 Å². The molecule has 11 heavy (non-hydrogen) atoms. The minimum Gasteiger partial charge on any atom is -0.411 e. The summed E-state index contributed by atoms with van der Waals surface area (Å²) in [6.07, 6.45) is 4.73. The Morgan fingerprint density at radius 3 is 2.91 bits per heavy atom. The molecule has 58 valence electrons. The average molecular weight is 169 g/mol. The monoisotopic (exact) mass is 169 g/mol. The van der Waals surface area contributed by atoms with E-state index < -0.39 is 0 Å². The van der Waals surface area contributed by atoms with E-state index in [0.717, 1.165) is 0 Å². The molecule has 1 N–H and O–H groups in total. The molecule has 0 bridgehead atoms. The second-order valence-electron chi connectivity index (χ2n) is 1.64. The normalized spacial score (nSPS) is 10.5. The van der Waals surface area contributed by atoms with Crippen molar-refractivity contribution < 1.29 is 5.21 Å². The fourth-order valence-corrected chi connectivity index (χ4v) is 1.07. The first-order valence-electron chi connectivity index (χ1n) is 2.99. The molecule has 0 saturated carbocycles. The van der Waals surface area contributed by atoms with E-state index in [-0.39, 0.29) is 0 Å². The number of aromatic nitrogens is 2. The zero-order valence-corrected chi connectivity index (χ0v) is 6.53. The number of hydrogen-bond donors (Lipinski definition) is 1. The Balaban J connectivity index is 2.39. The van der Waals surface area contributed by atoms with Crippen molar-refractivity contribution >= 4 is 18.0 Å². The molecule has 0 aliphatic heterocycles. The maximum Gasteiger partial charge on any atom is 0.187 e. The summed E-state index contributed by atoms with van der Waals surface area (Å²) in [4.78, 5) is 7.92. The Kier molecular flexibility index (Phi) is 3.40. The second-order valence-corrected chi connectivity index (χ2v) is 2.63. The lowest BCUT2D eigenvalue weighted by molar-refractivity contribution is 0.321. The molecule has 0 aliphatic carbocycles. The van der Waals surface area contributed by atoms with E-state index in [0.29, 0.717) is 10.9 Å². The first-order valence-corrected chi connectivity index (χ1v) is 3.98. The van der Waals surface area contributed by atoms with Crippen LogP contribution >= 0.6 is 11.8 Å². The van der Waals surface area contributed by atoms with Gasteiger partial charge in [0, 0.05) is 18.1 Å². The van der Waals surface area contributed by atoms with Crippen molar-refractivity contribution in [1.82, 2.24) is 9.97 Å². The van der Waals surface area contributed by atoms with Crippen LogP contribution in [0.3, 0.4) is 0 Å². The van der Waals surface area contributed by atoms with Crippen LogP contribution in [0, 0.1) is 0 Å². The Hall–Kier alpha value is -1.10. The highest BCUT2D eigenvalue weighted by atomic mass is 32.2. The summed E-state index contributed by atoms with van der Waals surface area (Å²) < 4.78 is 0. The number of nitrogens with zero attached hydrogens (tertiary/aromatic N) is 3. The van der Waals surface area contributed by atoms with Gasteiger partial charge in [-0.25, -0.2) is 9.97 Å². The van der Waals surface area contributed by atoms with E-state index in [1.54, 1.807) is 18.5 Å². The molecule has 1 rings (SSSR count). The Bertz CT molecular complexity index is 227. The number of hydrogen-bond acceptors (Lipinski definition) is 5. The summed E-state index contributed by atoms with van der Waals surface area (Å²) in [5.74, 6) is 0.584. The van der Waals surface area contributed by atoms with Crippen molar-refractivity contribution in [2.24, 2.45) is 5.16 Å². The lowest BCUT2D eigenvalue weighted by atomic mass is 10.7.